The molecule has 0 unspecified atom stereocenters. The van der Waals surface area contributed by atoms with Crippen molar-refractivity contribution in [1.82, 2.24) is 4.67 Å². The molecule has 0 radical (unpaired) electrons. The van der Waals surface area contributed by atoms with Crippen LogP contribution in [0.5, 0.6) is 0 Å². The van der Waals surface area contributed by atoms with Crippen LogP contribution in [0, 0.1) is 0 Å². The molecule has 0 aliphatic heterocycles. The zero-order valence-corrected chi connectivity index (χ0v) is 8.32. The van der Waals surface area contributed by atoms with E-state index in [1.54, 1.807) is 14.1 Å². The van der Waals surface area contributed by atoms with Crippen LogP contribution in [-0.2, 0) is 0 Å². The summed E-state index contributed by atoms with van der Waals surface area (Å²) in [6, 6.07) is 0. The van der Waals surface area contributed by atoms with Crippen LogP contribution in [0.4, 0.5) is 0 Å². The first kappa shape index (κ1) is 9.55. The first-order chi connectivity index (χ1) is 3.20. The molecule has 0 aliphatic carbocycles. The minimum atomic E-state index is -3.46. The van der Waals surface area contributed by atoms with Crippen molar-refractivity contribution in [2.24, 2.45) is 0 Å². The molecule has 6 heteroatoms. The molecule has 0 saturated heterocycles. The summed E-state index contributed by atoms with van der Waals surface area (Å²) in [6.07, 6.45) is 0. The average molecular weight is 217 g/mol. The molecular formula is C2H6Cl4NP. The third-order valence-corrected chi connectivity index (χ3v) is 5.44. The first-order valence-electron chi connectivity index (χ1n) is 1.77. The fourth-order valence-corrected chi connectivity index (χ4v) is 0. The van der Waals surface area contributed by atoms with Crippen LogP contribution < -0.4 is 0 Å². The standard InChI is InChI=1S/C2H6Cl4NP/c1-7(2)8(3,4,5)6/h1-2H3. The molecule has 8 heavy (non-hydrogen) atoms. The molecule has 0 saturated carbocycles. The van der Waals surface area contributed by atoms with Crippen molar-refractivity contribution in [2.45, 2.75) is 0 Å². The molecule has 52 valence electrons. The summed E-state index contributed by atoms with van der Waals surface area (Å²) in [7, 11) is 3.25. The van der Waals surface area contributed by atoms with Crippen molar-refractivity contribution in [1.29, 1.82) is 0 Å². The van der Waals surface area contributed by atoms with Gasteiger partial charge in [-0.25, -0.2) is 0 Å². The summed E-state index contributed by atoms with van der Waals surface area (Å²) >= 11 is 21.9. The first-order valence-corrected chi connectivity index (χ1v) is 7.58. The van der Waals surface area contributed by atoms with Gasteiger partial charge in [-0.3, -0.25) is 0 Å². The Labute approximate surface area is 68.0 Å². The minimum absolute atomic E-state index is 1.40. The molecule has 0 fully saturated rings. The Morgan fingerprint density at radius 3 is 1.12 bits per heavy atom. The van der Waals surface area contributed by atoms with Gasteiger partial charge in [-0.05, 0) is 0 Å². The maximum absolute atomic E-state index is 5.48. The second kappa shape index (κ2) is 2.30. The molecule has 0 N–H and O–H groups in total. The average Bonchev–Trinajstić information content (AvgIpc) is 1.27. The van der Waals surface area contributed by atoms with E-state index in [1.165, 1.54) is 4.67 Å². The number of halogens is 4. The Hall–Kier alpha value is 1.55. The summed E-state index contributed by atoms with van der Waals surface area (Å²) < 4.78 is -2.06. The normalized spacial score (nSPS) is 18.1. The molecule has 0 aromatic rings. The van der Waals surface area contributed by atoms with Gasteiger partial charge >= 0.3 is 67.9 Å². The summed E-state index contributed by atoms with van der Waals surface area (Å²) in [6.45, 7) is 0. The Morgan fingerprint density at radius 1 is 1.00 bits per heavy atom. The van der Waals surface area contributed by atoms with Crippen LogP contribution in [0.3, 0.4) is 0 Å². The van der Waals surface area contributed by atoms with Crippen LogP contribution in [-0.4, -0.2) is 18.8 Å². The number of nitrogens with zero attached hydrogens (tertiary/aromatic N) is 1. The second-order valence-corrected chi connectivity index (χ2v) is 14.7. The van der Waals surface area contributed by atoms with E-state index in [-0.39, 0.29) is 0 Å². The number of hydrogen-bond donors (Lipinski definition) is 0. The molecule has 0 heterocycles. The summed E-state index contributed by atoms with van der Waals surface area (Å²) in [5.41, 5.74) is 0. The molecular weight excluding hydrogens is 211 g/mol. The van der Waals surface area contributed by atoms with E-state index in [0.717, 1.165) is 0 Å². The van der Waals surface area contributed by atoms with E-state index in [1.807, 2.05) is 0 Å². The predicted molar refractivity (Wildman–Crippen MR) is 44.0 cm³/mol. The van der Waals surface area contributed by atoms with Gasteiger partial charge in [0.25, 0.3) is 0 Å². The van der Waals surface area contributed by atoms with Gasteiger partial charge in [0.1, 0.15) is 0 Å². The zero-order chi connectivity index (χ0) is 7.02. The molecule has 0 amide bonds. The van der Waals surface area contributed by atoms with Crippen molar-refractivity contribution in [3.8, 4) is 0 Å². The Kier molecular flexibility index (Phi) is 2.75. The van der Waals surface area contributed by atoms with Crippen molar-refractivity contribution >= 4 is 49.1 Å². The fraction of sp³-hybridized carbons (Fsp3) is 1.00. The van der Waals surface area contributed by atoms with Gasteiger partial charge in [0, 0.05) is 0 Å². The van der Waals surface area contributed by atoms with E-state index < -0.39 is 4.16 Å². The molecule has 0 atom stereocenters. The van der Waals surface area contributed by atoms with Crippen LogP contribution in [0.15, 0.2) is 0 Å². The van der Waals surface area contributed by atoms with Crippen molar-refractivity contribution in [3.05, 3.63) is 0 Å². The summed E-state index contributed by atoms with van der Waals surface area (Å²) in [5.74, 6) is 0. The van der Waals surface area contributed by atoms with E-state index in [2.05, 4.69) is 0 Å². The Morgan fingerprint density at radius 2 is 1.12 bits per heavy atom. The van der Waals surface area contributed by atoms with Crippen molar-refractivity contribution in [2.75, 3.05) is 14.1 Å². The van der Waals surface area contributed by atoms with Crippen molar-refractivity contribution in [3.63, 3.8) is 0 Å². The quantitative estimate of drug-likeness (QED) is 0.606. The van der Waals surface area contributed by atoms with Crippen LogP contribution in [0.25, 0.3) is 0 Å². The number of rotatable bonds is 1. The third kappa shape index (κ3) is 3.55. The Balaban J connectivity index is 4.14. The van der Waals surface area contributed by atoms with Gasteiger partial charge in [0.15, 0.2) is 0 Å². The van der Waals surface area contributed by atoms with Gasteiger partial charge in [0.2, 0.25) is 0 Å². The maximum atomic E-state index is 5.48. The molecule has 0 aromatic carbocycles. The van der Waals surface area contributed by atoms with Crippen molar-refractivity contribution < 1.29 is 0 Å². The van der Waals surface area contributed by atoms with Crippen LogP contribution in [0.2, 0.25) is 0 Å². The topological polar surface area (TPSA) is 3.24 Å². The number of hydrogen-bond acceptors (Lipinski definition) is 1. The van der Waals surface area contributed by atoms with E-state index in [0.29, 0.717) is 0 Å². The molecule has 0 aliphatic rings. The molecule has 0 bridgehead atoms. The third-order valence-electron chi connectivity index (χ3n) is 0.605. The van der Waals surface area contributed by atoms with Gasteiger partial charge in [-0.15, -0.1) is 0 Å². The second-order valence-electron chi connectivity index (χ2n) is 1.53. The SMILES string of the molecule is CN(C)P(Cl)(Cl)(Cl)Cl. The molecule has 1 nitrogen and oxygen atoms in total. The van der Waals surface area contributed by atoms with Crippen LogP contribution in [0.1, 0.15) is 0 Å². The zero-order valence-electron chi connectivity index (χ0n) is 4.41. The molecule has 0 rings (SSSR count). The summed E-state index contributed by atoms with van der Waals surface area (Å²) in [4.78, 5) is 0. The van der Waals surface area contributed by atoms with Crippen LogP contribution >= 0.6 is 49.1 Å². The molecule has 0 aromatic heterocycles. The predicted octanol–water partition coefficient (Wildman–Crippen LogP) is 3.63. The molecule has 0 spiro atoms. The van der Waals surface area contributed by atoms with E-state index in [4.69, 9.17) is 45.0 Å². The van der Waals surface area contributed by atoms with Gasteiger partial charge in [-0.2, -0.15) is 0 Å². The van der Waals surface area contributed by atoms with E-state index >= 15 is 0 Å². The Bertz CT molecular complexity index is 84.7. The van der Waals surface area contributed by atoms with Gasteiger partial charge in [0.05, 0.1) is 0 Å². The summed E-state index contributed by atoms with van der Waals surface area (Å²) in [5, 5.41) is 0. The fourth-order valence-electron chi connectivity index (χ4n) is 0. The monoisotopic (exact) mass is 215 g/mol. The van der Waals surface area contributed by atoms with Gasteiger partial charge < -0.3 is 0 Å². The van der Waals surface area contributed by atoms with E-state index in [9.17, 15) is 0 Å². The van der Waals surface area contributed by atoms with Gasteiger partial charge in [-0.1, -0.05) is 0 Å².